The zero-order valence-corrected chi connectivity index (χ0v) is 18.4. The maximum atomic E-state index is 12.7. The minimum absolute atomic E-state index is 0.0209. The summed E-state index contributed by atoms with van der Waals surface area (Å²) >= 11 is 2.22. The third-order valence-corrected chi connectivity index (χ3v) is 6.46. The quantitative estimate of drug-likeness (QED) is 0.269. The maximum Gasteiger partial charge on any atom is 0.416 e. The summed E-state index contributed by atoms with van der Waals surface area (Å²) < 4.78 is 38.3. The molecular weight excluding hydrogens is 473 g/mol. The van der Waals surface area contributed by atoms with Gasteiger partial charge in [0.25, 0.3) is 5.91 Å². The van der Waals surface area contributed by atoms with E-state index in [0.29, 0.717) is 15.0 Å². The molecule has 0 aliphatic heterocycles. The molecule has 0 fully saturated rings. The summed E-state index contributed by atoms with van der Waals surface area (Å²) in [4.78, 5) is 24.8. The zero-order chi connectivity index (χ0) is 23.4. The van der Waals surface area contributed by atoms with E-state index in [2.05, 4.69) is 20.8 Å². The number of halogens is 3. The van der Waals surface area contributed by atoms with E-state index in [1.54, 1.807) is 12.1 Å². The van der Waals surface area contributed by atoms with E-state index < -0.39 is 17.6 Å². The van der Waals surface area contributed by atoms with Gasteiger partial charge >= 0.3 is 6.18 Å². The molecule has 0 atom stereocenters. The molecule has 2 N–H and O–H groups in total. The van der Waals surface area contributed by atoms with E-state index in [1.807, 2.05) is 30.3 Å². The molecule has 4 aromatic rings. The zero-order valence-electron chi connectivity index (χ0n) is 16.7. The number of carbonyl (C=O) groups is 2. The number of thioether (sulfide) groups is 1. The Balaban J connectivity index is 1.32. The first-order chi connectivity index (χ1) is 15.8. The van der Waals surface area contributed by atoms with Crippen LogP contribution in [-0.2, 0) is 11.0 Å². The van der Waals surface area contributed by atoms with Crippen LogP contribution in [0, 0.1) is 0 Å². The predicted molar refractivity (Wildman–Crippen MR) is 123 cm³/mol. The molecule has 3 aromatic carbocycles. The smallest absolute Gasteiger partial charge is 0.325 e. The van der Waals surface area contributed by atoms with E-state index in [1.165, 1.54) is 12.1 Å². The van der Waals surface area contributed by atoms with Crippen molar-refractivity contribution in [2.45, 2.75) is 10.5 Å². The standard InChI is InChI=1S/C22H15F3N4O2S2/c23-22(24,25)14-8-10-15(11-9-14)26-18(30)12-32-21-29-28-20(33-21)27-19(31)17-7-3-5-13-4-1-2-6-16(13)17/h1-11H,12H2,(H,26,30)(H,27,28,31). The van der Waals surface area contributed by atoms with Crippen molar-refractivity contribution in [2.24, 2.45) is 0 Å². The third kappa shape index (κ3) is 5.68. The van der Waals surface area contributed by atoms with Gasteiger partial charge in [-0.15, -0.1) is 10.2 Å². The number of amides is 2. The van der Waals surface area contributed by atoms with Gasteiger partial charge in [-0.2, -0.15) is 13.2 Å². The van der Waals surface area contributed by atoms with Crippen molar-refractivity contribution in [1.29, 1.82) is 0 Å². The lowest BCUT2D eigenvalue weighted by molar-refractivity contribution is -0.137. The van der Waals surface area contributed by atoms with E-state index in [0.717, 1.165) is 46.0 Å². The van der Waals surface area contributed by atoms with E-state index in [4.69, 9.17) is 0 Å². The summed E-state index contributed by atoms with van der Waals surface area (Å²) in [5, 5.41) is 15.2. The second kappa shape index (κ2) is 9.59. The molecule has 1 heterocycles. The van der Waals surface area contributed by atoms with Gasteiger partial charge in [0, 0.05) is 11.3 Å². The van der Waals surface area contributed by atoms with Gasteiger partial charge in [-0.05, 0) is 41.1 Å². The first-order valence-electron chi connectivity index (χ1n) is 9.52. The fourth-order valence-corrected chi connectivity index (χ4v) is 4.52. The Morgan fingerprint density at radius 1 is 0.909 bits per heavy atom. The van der Waals surface area contributed by atoms with Crippen molar-refractivity contribution in [1.82, 2.24) is 10.2 Å². The van der Waals surface area contributed by atoms with Gasteiger partial charge in [-0.25, -0.2) is 0 Å². The van der Waals surface area contributed by atoms with Crippen molar-refractivity contribution in [2.75, 3.05) is 16.4 Å². The molecule has 0 saturated carbocycles. The Labute approximate surface area is 194 Å². The van der Waals surface area contributed by atoms with Crippen molar-refractivity contribution in [3.05, 3.63) is 77.9 Å². The summed E-state index contributed by atoms with van der Waals surface area (Å²) in [5.74, 6) is -0.747. The Hall–Kier alpha value is -3.44. The van der Waals surface area contributed by atoms with Gasteiger partial charge in [0.2, 0.25) is 11.0 Å². The second-order valence-electron chi connectivity index (χ2n) is 6.77. The summed E-state index contributed by atoms with van der Waals surface area (Å²) in [7, 11) is 0. The fraction of sp³-hybridized carbons (Fsp3) is 0.0909. The minimum atomic E-state index is -4.43. The number of hydrogen-bond acceptors (Lipinski definition) is 6. The first-order valence-corrected chi connectivity index (χ1v) is 11.3. The van der Waals surface area contributed by atoms with E-state index in [-0.39, 0.29) is 17.3 Å². The van der Waals surface area contributed by atoms with Gasteiger partial charge in [-0.3, -0.25) is 14.9 Å². The maximum absolute atomic E-state index is 12.7. The van der Waals surface area contributed by atoms with Crippen LogP contribution in [0.1, 0.15) is 15.9 Å². The lowest BCUT2D eigenvalue weighted by atomic mass is 10.0. The fourth-order valence-electron chi connectivity index (χ4n) is 2.97. The van der Waals surface area contributed by atoms with Crippen molar-refractivity contribution < 1.29 is 22.8 Å². The lowest BCUT2D eigenvalue weighted by Crippen LogP contribution is -2.14. The molecule has 4 rings (SSSR count). The molecule has 0 unspecified atom stereocenters. The highest BCUT2D eigenvalue weighted by molar-refractivity contribution is 8.01. The molecule has 0 radical (unpaired) electrons. The number of nitrogens with one attached hydrogen (secondary N) is 2. The van der Waals surface area contributed by atoms with Crippen LogP contribution < -0.4 is 10.6 Å². The number of fused-ring (bicyclic) bond motifs is 1. The normalized spacial score (nSPS) is 11.4. The van der Waals surface area contributed by atoms with Crippen LogP contribution >= 0.6 is 23.1 Å². The van der Waals surface area contributed by atoms with Gasteiger partial charge in [0.1, 0.15) is 0 Å². The Morgan fingerprint density at radius 2 is 1.64 bits per heavy atom. The topological polar surface area (TPSA) is 84.0 Å². The summed E-state index contributed by atoms with van der Waals surface area (Å²) in [6.45, 7) is 0. The highest BCUT2D eigenvalue weighted by atomic mass is 32.2. The Kier molecular flexibility index (Phi) is 6.61. The second-order valence-corrected chi connectivity index (χ2v) is 8.97. The molecule has 11 heteroatoms. The van der Waals surface area contributed by atoms with Crippen LogP contribution in [0.3, 0.4) is 0 Å². The van der Waals surface area contributed by atoms with Crippen molar-refractivity contribution in [3.63, 3.8) is 0 Å². The monoisotopic (exact) mass is 488 g/mol. The number of nitrogens with zero attached hydrogens (tertiary/aromatic N) is 2. The summed E-state index contributed by atoms with van der Waals surface area (Å²) in [5.41, 5.74) is -0.0239. The van der Waals surface area contributed by atoms with Crippen LogP contribution in [0.4, 0.5) is 24.0 Å². The molecule has 0 bridgehead atoms. The predicted octanol–water partition coefficient (Wildman–Crippen LogP) is 5.69. The SMILES string of the molecule is O=C(CSc1nnc(NC(=O)c2cccc3ccccc23)s1)Nc1ccc(C(F)(F)F)cc1. The van der Waals surface area contributed by atoms with Gasteiger partial charge in [0.15, 0.2) is 4.34 Å². The molecule has 2 amide bonds. The largest absolute Gasteiger partial charge is 0.416 e. The van der Waals surface area contributed by atoms with Crippen LogP contribution in [0.15, 0.2) is 71.1 Å². The molecular formula is C22H15F3N4O2S2. The molecule has 168 valence electrons. The van der Waals surface area contributed by atoms with Crippen LogP contribution in [0.2, 0.25) is 0 Å². The average Bonchev–Trinajstić information content (AvgIpc) is 3.24. The van der Waals surface area contributed by atoms with Crippen LogP contribution in [0.5, 0.6) is 0 Å². The number of carbonyl (C=O) groups excluding carboxylic acids is 2. The molecule has 1 aromatic heterocycles. The van der Waals surface area contributed by atoms with Gasteiger partial charge in [0.05, 0.1) is 11.3 Å². The highest BCUT2D eigenvalue weighted by Crippen LogP contribution is 2.30. The van der Waals surface area contributed by atoms with E-state index >= 15 is 0 Å². The number of alkyl halides is 3. The van der Waals surface area contributed by atoms with Gasteiger partial charge < -0.3 is 5.32 Å². The highest BCUT2D eigenvalue weighted by Gasteiger charge is 2.30. The summed E-state index contributed by atoms with van der Waals surface area (Å²) in [6, 6.07) is 17.2. The van der Waals surface area contributed by atoms with Crippen LogP contribution in [0.25, 0.3) is 10.8 Å². The lowest BCUT2D eigenvalue weighted by Gasteiger charge is -2.08. The van der Waals surface area contributed by atoms with Crippen molar-refractivity contribution in [3.8, 4) is 0 Å². The molecule has 0 spiro atoms. The molecule has 33 heavy (non-hydrogen) atoms. The van der Waals surface area contributed by atoms with Crippen LogP contribution in [-0.4, -0.2) is 27.8 Å². The number of hydrogen-bond donors (Lipinski definition) is 2. The van der Waals surface area contributed by atoms with Gasteiger partial charge in [-0.1, -0.05) is 59.5 Å². The van der Waals surface area contributed by atoms with Crippen molar-refractivity contribution >= 4 is 56.5 Å². The molecule has 6 nitrogen and oxygen atoms in total. The molecule has 0 saturated heterocycles. The Morgan fingerprint density at radius 3 is 2.39 bits per heavy atom. The summed E-state index contributed by atoms with van der Waals surface area (Å²) in [6.07, 6.45) is -4.43. The number of anilines is 2. The number of rotatable bonds is 6. The number of benzene rings is 3. The molecule has 0 aliphatic rings. The minimum Gasteiger partial charge on any atom is -0.325 e. The third-order valence-electron chi connectivity index (χ3n) is 4.48. The van der Waals surface area contributed by atoms with E-state index in [9.17, 15) is 22.8 Å². The first kappa shape index (κ1) is 22.7. The average molecular weight is 489 g/mol. The number of aromatic nitrogens is 2. The molecule has 0 aliphatic carbocycles. The Bertz CT molecular complexity index is 1300.